The predicted octanol–water partition coefficient (Wildman–Crippen LogP) is 2.72. The SMILES string of the molecule is CCCCCn1c2c(c(=O)n3c(-c4ccon4)nnc13)CC(Br)=N2. The molecule has 8 nitrogen and oxygen atoms in total. The minimum Gasteiger partial charge on any atom is -0.364 e. The summed E-state index contributed by atoms with van der Waals surface area (Å²) in [7, 11) is 0. The first-order valence-electron chi connectivity index (χ1n) is 7.85. The number of aromatic nitrogens is 5. The average Bonchev–Trinajstić information content (AvgIpc) is 3.28. The van der Waals surface area contributed by atoms with Gasteiger partial charge >= 0.3 is 0 Å². The standard InChI is InChI=1S/C15H15BrN6O2/c1-2-3-4-6-21-12-9(8-11(16)17-12)14(23)22-13(18-19-15(21)22)10-5-7-24-20-10/h5,7H,2-4,6,8H2,1H3. The highest BCUT2D eigenvalue weighted by Crippen LogP contribution is 2.29. The van der Waals surface area contributed by atoms with E-state index in [1.165, 1.54) is 10.7 Å². The number of aryl methyl sites for hydroxylation is 1. The summed E-state index contributed by atoms with van der Waals surface area (Å²) >= 11 is 3.41. The first-order valence-corrected chi connectivity index (χ1v) is 8.64. The Hall–Kier alpha value is -2.29. The van der Waals surface area contributed by atoms with Gasteiger partial charge in [-0.2, -0.15) is 0 Å². The molecule has 3 aromatic heterocycles. The summed E-state index contributed by atoms with van der Waals surface area (Å²) in [4.78, 5) is 17.4. The van der Waals surface area contributed by atoms with Crippen LogP contribution >= 0.6 is 15.9 Å². The second-order valence-corrected chi connectivity index (χ2v) is 6.59. The Morgan fingerprint density at radius 1 is 1.33 bits per heavy atom. The Labute approximate surface area is 145 Å². The molecule has 24 heavy (non-hydrogen) atoms. The van der Waals surface area contributed by atoms with Crippen LogP contribution in [0.15, 0.2) is 26.6 Å². The van der Waals surface area contributed by atoms with E-state index >= 15 is 0 Å². The molecule has 3 aromatic rings. The van der Waals surface area contributed by atoms with Crippen molar-refractivity contribution >= 4 is 32.1 Å². The van der Waals surface area contributed by atoms with E-state index in [-0.39, 0.29) is 5.56 Å². The van der Waals surface area contributed by atoms with Crippen LogP contribution in [0.25, 0.3) is 17.3 Å². The molecule has 1 aliphatic heterocycles. The number of halogens is 1. The lowest BCUT2D eigenvalue weighted by atomic mass is 10.2. The highest BCUT2D eigenvalue weighted by molar-refractivity contribution is 9.18. The molecule has 0 unspecified atom stereocenters. The van der Waals surface area contributed by atoms with Crippen molar-refractivity contribution in [2.75, 3.05) is 0 Å². The fourth-order valence-corrected chi connectivity index (χ4v) is 3.38. The predicted molar refractivity (Wildman–Crippen MR) is 92.0 cm³/mol. The van der Waals surface area contributed by atoms with Crippen LogP contribution in [0.2, 0.25) is 0 Å². The largest absolute Gasteiger partial charge is 0.364 e. The fraction of sp³-hybridized carbons (Fsp3) is 0.400. The number of rotatable bonds is 5. The van der Waals surface area contributed by atoms with Crippen LogP contribution in [0, 0.1) is 0 Å². The minimum absolute atomic E-state index is 0.159. The summed E-state index contributed by atoms with van der Waals surface area (Å²) in [6, 6.07) is 1.66. The van der Waals surface area contributed by atoms with Gasteiger partial charge in [-0.3, -0.25) is 9.36 Å². The van der Waals surface area contributed by atoms with Crippen LogP contribution in [-0.4, -0.2) is 28.9 Å². The summed E-state index contributed by atoms with van der Waals surface area (Å²) < 4.78 is 9.10. The van der Waals surface area contributed by atoms with Gasteiger partial charge in [-0.15, -0.1) is 10.2 Å². The molecule has 4 heterocycles. The molecule has 0 saturated heterocycles. The number of hydrogen-bond donors (Lipinski definition) is 0. The second kappa shape index (κ2) is 5.97. The van der Waals surface area contributed by atoms with E-state index in [0.29, 0.717) is 35.1 Å². The lowest BCUT2D eigenvalue weighted by molar-refractivity contribution is 0.421. The topological polar surface area (TPSA) is 90.6 Å². The Bertz CT molecular complexity index is 986. The zero-order valence-electron chi connectivity index (χ0n) is 13.1. The number of nitrogens with zero attached hydrogens (tertiary/aromatic N) is 6. The lowest BCUT2D eigenvalue weighted by Crippen LogP contribution is -2.23. The van der Waals surface area contributed by atoms with Crippen LogP contribution in [0.4, 0.5) is 5.82 Å². The van der Waals surface area contributed by atoms with Crippen LogP contribution < -0.4 is 5.56 Å². The van der Waals surface area contributed by atoms with Gasteiger partial charge in [-0.1, -0.05) is 24.9 Å². The van der Waals surface area contributed by atoms with E-state index in [1.807, 2.05) is 4.57 Å². The summed E-state index contributed by atoms with van der Waals surface area (Å²) in [5.41, 5.74) is 0.973. The molecule has 0 aromatic carbocycles. The molecule has 0 N–H and O–H groups in total. The van der Waals surface area contributed by atoms with Crippen molar-refractivity contribution in [2.45, 2.75) is 39.2 Å². The normalized spacial score (nSPS) is 13.5. The van der Waals surface area contributed by atoms with E-state index in [9.17, 15) is 4.79 Å². The van der Waals surface area contributed by atoms with Crippen molar-refractivity contribution in [3.63, 3.8) is 0 Å². The van der Waals surface area contributed by atoms with Gasteiger partial charge in [0.1, 0.15) is 12.1 Å². The molecule has 0 saturated carbocycles. The van der Waals surface area contributed by atoms with Crippen molar-refractivity contribution in [2.24, 2.45) is 4.99 Å². The summed E-state index contributed by atoms with van der Waals surface area (Å²) in [6.45, 7) is 2.89. The highest BCUT2D eigenvalue weighted by atomic mass is 79.9. The van der Waals surface area contributed by atoms with Gasteiger partial charge in [0.15, 0.2) is 11.5 Å². The quantitative estimate of drug-likeness (QED) is 0.624. The van der Waals surface area contributed by atoms with E-state index in [0.717, 1.165) is 30.4 Å². The van der Waals surface area contributed by atoms with Crippen molar-refractivity contribution in [1.29, 1.82) is 0 Å². The minimum atomic E-state index is -0.159. The van der Waals surface area contributed by atoms with Gasteiger partial charge in [0.25, 0.3) is 5.56 Å². The Balaban J connectivity index is 1.96. The Morgan fingerprint density at radius 2 is 2.21 bits per heavy atom. The van der Waals surface area contributed by atoms with Crippen LogP contribution in [0.1, 0.15) is 31.7 Å². The maximum atomic E-state index is 12.9. The molecular weight excluding hydrogens is 376 g/mol. The Kier molecular flexibility index (Phi) is 3.79. The average molecular weight is 391 g/mol. The molecular formula is C15H15BrN6O2. The first kappa shape index (κ1) is 15.3. The third-order valence-corrected chi connectivity index (χ3v) is 4.53. The molecule has 0 atom stereocenters. The zero-order valence-corrected chi connectivity index (χ0v) is 14.7. The highest BCUT2D eigenvalue weighted by Gasteiger charge is 2.26. The first-order chi connectivity index (χ1) is 11.7. The van der Waals surface area contributed by atoms with Gasteiger partial charge < -0.3 is 4.52 Å². The monoisotopic (exact) mass is 390 g/mol. The second-order valence-electron chi connectivity index (χ2n) is 5.67. The molecule has 0 aliphatic carbocycles. The number of unbranched alkanes of at least 4 members (excludes halogenated alkanes) is 2. The molecule has 9 heteroatoms. The zero-order chi connectivity index (χ0) is 16.7. The van der Waals surface area contributed by atoms with E-state index in [2.05, 4.69) is 43.2 Å². The van der Waals surface area contributed by atoms with Crippen LogP contribution in [0.5, 0.6) is 0 Å². The van der Waals surface area contributed by atoms with Gasteiger partial charge in [-0.25, -0.2) is 9.39 Å². The summed E-state index contributed by atoms with van der Waals surface area (Å²) in [5, 5.41) is 12.3. The smallest absolute Gasteiger partial charge is 0.266 e. The molecule has 4 rings (SSSR count). The molecule has 0 bridgehead atoms. The van der Waals surface area contributed by atoms with Gasteiger partial charge in [0, 0.05) is 19.0 Å². The van der Waals surface area contributed by atoms with Gasteiger partial charge in [0.2, 0.25) is 5.78 Å². The molecule has 0 amide bonds. The number of hydrogen-bond acceptors (Lipinski definition) is 6. The van der Waals surface area contributed by atoms with Crippen LogP contribution in [0.3, 0.4) is 0 Å². The molecule has 0 spiro atoms. The van der Waals surface area contributed by atoms with E-state index in [4.69, 9.17) is 4.52 Å². The molecule has 124 valence electrons. The molecule has 0 radical (unpaired) electrons. The maximum absolute atomic E-state index is 12.9. The summed E-state index contributed by atoms with van der Waals surface area (Å²) in [6.07, 6.45) is 5.13. The lowest BCUT2D eigenvalue weighted by Gasteiger charge is -2.12. The van der Waals surface area contributed by atoms with Crippen molar-refractivity contribution in [1.82, 2.24) is 24.3 Å². The number of aliphatic imine (C=N–C) groups is 1. The summed E-state index contributed by atoms with van der Waals surface area (Å²) in [5.74, 6) is 1.55. The van der Waals surface area contributed by atoms with Crippen molar-refractivity contribution in [3.05, 3.63) is 28.2 Å². The van der Waals surface area contributed by atoms with Crippen molar-refractivity contribution < 1.29 is 4.52 Å². The molecule has 0 fully saturated rings. The van der Waals surface area contributed by atoms with Gasteiger partial charge in [-0.05, 0) is 22.4 Å². The van der Waals surface area contributed by atoms with Crippen LogP contribution in [-0.2, 0) is 13.0 Å². The van der Waals surface area contributed by atoms with E-state index < -0.39 is 0 Å². The van der Waals surface area contributed by atoms with E-state index in [1.54, 1.807) is 6.07 Å². The third-order valence-electron chi connectivity index (χ3n) is 4.08. The third kappa shape index (κ3) is 2.31. The molecule has 1 aliphatic rings. The number of fused-ring (bicyclic) bond motifs is 2. The maximum Gasteiger partial charge on any atom is 0.266 e. The van der Waals surface area contributed by atoms with Gasteiger partial charge in [0.05, 0.1) is 10.2 Å². The van der Waals surface area contributed by atoms with Crippen molar-refractivity contribution in [3.8, 4) is 11.5 Å². The fourth-order valence-electron chi connectivity index (χ4n) is 2.93. The Morgan fingerprint density at radius 3 is 2.96 bits per heavy atom.